The molecule has 2 heterocycles. The van der Waals surface area contributed by atoms with Crippen LogP contribution in [0.25, 0.3) is 10.9 Å². The molecule has 1 aromatic carbocycles. The zero-order valence-electron chi connectivity index (χ0n) is 14.9. The Labute approximate surface area is 154 Å². The molecule has 138 valence electrons. The molecule has 0 amide bonds. The van der Waals surface area contributed by atoms with Crippen molar-refractivity contribution in [3.05, 3.63) is 18.5 Å². The molecule has 0 bridgehead atoms. The van der Waals surface area contributed by atoms with Crippen molar-refractivity contribution in [3.8, 4) is 11.5 Å². The first-order valence-electron chi connectivity index (χ1n) is 8.57. The fourth-order valence-electron chi connectivity index (χ4n) is 4.36. The van der Waals surface area contributed by atoms with E-state index in [0.717, 1.165) is 48.2 Å². The maximum atomic E-state index is 11.5. The Hall–Kier alpha value is -2.22. The van der Waals surface area contributed by atoms with E-state index in [2.05, 4.69) is 14.9 Å². The van der Waals surface area contributed by atoms with Gasteiger partial charge in [-0.25, -0.2) is 9.97 Å². The van der Waals surface area contributed by atoms with Crippen molar-refractivity contribution in [1.29, 1.82) is 5.41 Å². The molecular weight excluding hydrogens is 352 g/mol. The van der Waals surface area contributed by atoms with Crippen LogP contribution >= 0.6 is 0 Å². The van der Waals surface area contributed by atoms with Crippen molar-refractivity contribution < 1.29 is 13.7 Å². The third-order valence-corrected chi connectivity index (χ3v) is 6.51. The first-order valence-corrected chi connectivity index (χ1v) is 9.95. The molecule has 26 heavy (non-hydrogen) atoms. The van der Waals surface area contributed by atoms with E-state index in [4.69, 9.17) is 14.9 Å². The maximum Gasteiger partial charge on any atom is 0.162 e. The normalized spacial score (nSPS) is 19.7. The predicted octanol–water partition coefficient (Wildman–Crippen LogP) is 2.22. The molecule has 1 aliphatic carbocycles. The van der Waals surface area contributed by atoms with Crippen LogP contribution in [0.5, 0.6) is 11.5 Å². The van der Waals surface area contributed by atoms with Crippen molar-refractivity contribution >= 4 is 33.1 Å². The third-order valence-electron chi connectivity index (χ3n) is 5.45. The molecule has 1 saturated carbocycles. The van der Waals surface area contributed by atoms with E-state index in [-0.39, 0.29) is 0 Å². The SMILES string of the molecule is COc1cc2ncnc(N3CC4(CC(CS(=O)C=N)C4)C3)c2cc1OC. The second-order valence-corrected chi connectivity index (χ2v) is 8.55. The molecule has 4 rings (SSSR count). The Morgan fingerprint density at radius 1 is 1.27 bits per heavy atom. The topological polar surface area (TPSA) is 88.4 Å². The van der Waals surface area contributed by atoms with Crippen LogP contribution in [0.3, 0.4) is 0 Å². The highest BCUT2D eigenvalue weighted by Gasteiger charge is 2.52. The third kappa shape index (κ3) is 2.82. The van der Waals surface area contributed by atoms with E-state index in [0.29, 0.717) is 28.6 Å². The van der Waals surface area contributed by atoms with Gasteiger partial charge in [0.05, 0.1) is 36.1 Å². The molecule has 2 fully saturated rings. The highest BCUT2D eigenvalue weighted by atomic mass is 32.2. The van der Waals surface area contributed by atoms with Gasteiger partial charge >= 0.3 is 0 Å². The molecule has 1 aromatic heterocycles. The number of nitrogens with zero attached hydrogens (tertiary/aromatic N) is 3. The van der Waals surface area contributed by atoms with Gasteiger partial charge in [0.1, 0.15) is 12.1 Å². The van der Waals surface area contributed by atoms with Crippen LogP contribution in [-0.2, 0) is 10.8 Å². The summed E-state index contributed by atoms with van der Waals surface area (Å²) in [6.07, 6.45) is 3.76. The lowest BCUT2D eigenvalue weighted by molar-refractivity contribution is 0.0355. The molecule has 2 aromatic rings. The molecule has 1 N–H and O–H groups in total. The van der Waals surface area contributed by atoms with Crippen molar-refractivity contribution in [2.75, 3.05) is 38.0 Å². The summed E-state index contributed by atoms with van der Waals surface area (Å²) in [5, 5.41) is 8.03. The van der Waals surface area contributed by atoms with Gasteiger partial charge < -0.3 is 14.4 Å². The minimum atomic E-state index is -1.11. The number of benzene rings is 1. The summed E-state index contributed by atoms with van der Waals surface area (Å²) < 4.78 is 22.3. The minimum Gasteiger partial charge on any atom is -0.493 e. The number of ether oxygens (including phenoxy) is 2. The Kier molecular flexibility index (Phi) is 4.30. The summed E-state index contributed by atoms with van der Waals surface area (Å²) in [5.74, 6) is 3.35. The Morgan fingerprint density at radius 3 is 2.62 bits per heavy atom. The minimum absolute atomic E-state index is 0.324. The van der Waals surface area contributed by atoms with E-state index >= 15 is 0 Å². The standard InChI is InChI=1S/C18H22N4O3S/c1-24-15-3-13-14(4-16(15)25-2)20-11-21-17(13)22-8-18(9-22)5-12(6-18)7-26(23)10-19/h3-4,10-12,19H,5-9H2,1-2H3. The number of nitrogens with one attached hydrogen (secondary N) is 1. The number of hydrogen-bond acceptors (Lipinski definition) is 7. The lowest BCUT2D eigenvalue weighted by Crippen LogP contribution is -2.63. The van der Waals surface area contributed by atoms with Gasteiger partial charge in [-0.15, -0.1) is 0 Å². The van der Waals surface area contributed by atoms with E-state index in [1.165, 1.54) is 0 Å². The summed E-state index contributed by atoms with van der Waals surface area (Å²) in [6, 6.07) is 3.81. The quantitative estimate of drug-likeness (QED) is 0.616. The number of aromatic nitrogens is 2. The van der Waals surface area contributed by atoms with E-state index in [1.807, 2.05) is 12.1 Å². The average Bonchev–Trinajstić information content (AvgIpc) is 2.60. The smallest absolute Gasteiger partial charge is 0.162 e. The van der Waals surface area contributed by atoms with E-state index in [1.54, 1.807) is 20.5 Å². The number of fused-ring (bicyclic) bond motifs is 1. The largest absolute Gasteiger partial charge is 0.493 e. The highest BCUT2D eigenvalue weighted by molar-refractivity contribution is 7.98. The number of hydrogen-bond donors (Lipinski definition) is 1. The van der Waals surface area contributed by atoms with Crippen molar-refractivity contribution in [1.82, 2.24) is 9.97 Å². The molecule has 0 radical (unpaired) electrons. The van der Waals surface area contributed by atoms with Crippen molar-refractivity contribution in [3.63, 3.8) is 0 Å². The number of anilines is 1. The lowest BCUT2D eigenvalue weighted by atomic mass is 9.58. The second-order valence-electron chi connectivity index (χ2n) is 7.22. The lowest BCUT2D eigenvalue weighted by Gasteiger charge is -2.59. The first kappa shape index (κ1) is 17.2. The maximum absolute atomic E-state index is 11.5. The summed E-state index contributed by atoms with van der Waals surface area (Å²) in [4.78, 5) is 11.1. The number of rotatable bonds is 6. The molecule has 8 heteroatoms. The van der Waals surface area contributed by atoms with E-state index in [9.17, 15) is 4.21 Å². The highest BCUT2D eigenvalue weighted by Crippen LogP contribution is 2.53. The zero-order valence-corrected chi connectivity index (χ0v) is 15.7. The Morgan fingerprint density at radius 2 is 1.96 bits per heavy atom. The molecule has 1 unspecified atom stereocenters. The van der Waals surface area contributed by atoms with Crippen LogP contribution in [0.1, 0.15) is 12.8 Å². The molecule has 1 aliphatic heterocycles. The molecule has 2 aliphatic rings. The van der Waals surface area contributed by atoms with Gasteiger partial charge in [-0.3, -0.25) is 9.62 Å². The van der Waals surface area contributed by atoms with Gasteiger partial charge in [0.25, 0.3) is 0 Å². The van der Waals surface area contributed by atoms with Crippen LogP contribution in [0, 0.1) is 16.7 Å². The zero-order chi connectivity index (χ0) is 18.3. The van der Waals surface area contributed by atoms with Crippen LogP contribution < -0.4 is 14.4 Å². The van der Waals surface area contributed by atoms with Crippen LogP contribution in [-0.4, -0.2) is 52.8 Å². The van der Waals surface area contributed by atoms with Crippen LogP contribution in [0.15, 0.2) is 18.5 Å². The molecule has 7 nitrogen and oxygen atoms in total. The molecular formula is C18H22N4O3S. The number of methoxy groups -OCH3 is 2. The predicted molar refractivity (Wildman–Crippen MR) is 102 cm³/mol. The molecule has 1 saturated heterocycles. The summed E-state index contributed by atoms with van der Waals surface area (Å²) in [5.41, 5.74) is 2.21. The Balaban J connectivity index is 1.51. The molecule has 1 atom stereocenters. The fraction of sp³-hybridized carbons (Fsp3) is 0.500. The van der Waals surface area contributed by atoms with E-state index < -0.39 is 10.8 Å². The average molecular weight is 374 g/mol. The Bertz CT molecular complexity index is 874. The summed E-state index contributed by atoms with van der Waals surface area (Å²) in [6.45, 7) is 1.92. The monoisotopic (exact) mass is 374 g/mol. The van der Waals surface area contributed by atoms with Gasteiger partial charge in [0.2, 0.25) is 0 Å². The second kappa shape index (κ2) is 6.50. The van der Waals surface area contributed by atoms with Crippen LogP contribution in [0.2, 0.25) is 0 Å². The van der Waals surface area contributed by atoms with Gasteiger partial charge in [0.15, 0.2) is 11.5 Å². The van der Waals surface area contributed by atoms with Gasteiger partial charge in [-0.05, 0) is 24.8 Å². The van der Waals surface area contributed by atoms with Gasteiger partial charge in [-0.2, -0.15) is 0 Å². The van der Waals surface area contributed by atoms with Crippen molar-refractivity contribution in [2.45, 2.75) is 12.8 Å². The van der Waals surface area contributed by atoms with Gasteiger partial charge in [-0.1, -0.05) is 0 Å². The summed E-state index contributed by atoms with van der Waals surface area (Å²) >= 11 is 0. The van der Waals surface area contributed by atoms with Gasteiger partial charge in [0, 0.05) is 35.7 Å². The fourth-order valence-corrected chi connectivity index (χ4v) is 5.15. The van der Waals surface area contributed by atoms with Crippen LogP contribution in [0.4, 0.5) is 5.82 Å². The van der Waals surface area contributed by atoms with Crippen molar-refractivity contribution in [2.24, 2.45) is 11.3 Å². The first-order chi connectivity index (χ1) is 12.6. The molecule has 1 spiro atoms. The summed E-state index contributed by atoms with van der Waals surface area (Å²) in [7, 11) is 2.13.